The predicted molar refractivity (Wildman–Crippen MR) is 126 cm³/mol. The predicted octanol–water partition coefficient (Wildman–Crippen LogP) is 4.29. The first-order chi connectivity index (χ1) is 15.5. The fourth-order valence-corrected chi connectivity index (χ4v) is 3.68. The molecule has 0 radical (unpaired) electrons. The molecular weight excluding hydrogens is 402 g/mol. The lowest BCUT2D eigenvalue weighted by Crippen LogP contribution is -2.33. The molecule has 0 saturated heterocycles. The Morgan fingerprint density at radius 3 is 2.41 bits per heavy atom. The van der Waals surface area contributed by atoms with Gasteiger partial charge in [0, 0.05) is 36.9 Å². The quantitative estimate of drug-likeness (QED) is 0.460. The van der Waals surface area contributed by atoms with Crippen LogP contribution in [-0.2, 0) is 4.79 Å². The van der Waals surface area contributed by atoms with Crippen LogP contribution in [-0.4, -0.2) is 36.7 Å². The van der Waals surface area contributed by atoms with E-state index in [1.807, 2.05) is 85.7 Å². The zero-order valence-electron chi connectivity index (χ0n) is 18.0. The molecule has 1 unspecified atom stereocenters. The Kier molecular flexibility index (Phi) is 6.22. The van der Waals surface area contributed by atoms with Gasteiger partial charge in [-0.2, -0.15) is 0 Å². The van der Waals surface area contributed by atoms with Crippen LogP contribution in [0.4, 0.5) is 5.69 Å². The number of amides is 1. The average Bonchev–Trinajstić information content (AvgIpc) is 2.83. The summed E-state index contributed by atoms with van der Waals surface area (Å²) in [7, 11) is 3.87. The lowest BCUT2D eigenvalue weighted by atomic mass is 9.95. The van der Waals surface area contributed by atoms with E-state index < -0.39 is 6.04 Å². The zero-order valence-corrected chi connectivity index (χ0v) is 18.0. The Morgan fingerprint density at radius 1 is 1.03 bits per heavy atom. The molecule has 1 amide bonds. The van der Waals surface area contributed by atoms with Gasteiger partial charge in [0.05, 0.1) is 6.04 Å². The van der Waals surface area contributed by atoms with Crippen LogP contribution in [0.3, 0.4) is 0 Å². The number of aromatic nitrogens is 1. The van der Waals surface area contributed by atoms with Crippen molar-refractivity contribution in [3.63, 3.8) is 0 Å². The number of phenolic OH excluding ortho intramolecular Hbond substituents is 1. The van der Waals surface area contributed by atoms with E-state index in [-0.39, 0.29) is 18.3 Å². The third-order valence-corrected chi connectivity index (χ3v) is 5.22. The molecule has 6 heteroatoms. The number of anilines is 1. The van der Waals surface area contributed by atoms with E-state index in [0.29, 0.717) is 16.8 Å². The van der Waals surface area contributed by atoms with Crippen LogP contribution in [0.15, 0.2) is 85.1 Å². The minimum atomic E-state index is -0.576. The number of rotatable bonds is 7. The van der Waals surface area contributed by atoms with Crippen molar-refractivity contribution in [2.45, 2.75) is 6.04 Å². The third kappa shape index (κ3) is 4.49. The molecular formula is C26H25N3O3. The normalized spacial score (nSPS) is 11.7. The maximum Gasteiger partial charge on any atom is 0.258 e. The molecule has 0 aliphatic heterocycles. The molecule has 0 aliphatic carbocycles. The molecule has 0 saturated carbocycles. The summed E-state index contributed by atoms with van der Waals surface area (Å²) in [6.07, 6.45) is 1.65. The van der Waals surface area contributed by atoms with Crippen LogP contribution in [0, 0.1) is 0 Å². The minimum absolute atomic E-state index is 0.0457. The Morgan fingerprint density at radius 2 is 1.72 bits per heavy atom. The molecule has 32 heavy (non-hydrogen) atoms. The molecule has 1 aromatic heterocycles. The Hall–Kier alpha value is -4.06. The third-order valence-electron chi connectivity index (χ3n) is 5.22. The van der Waals surface area contributed by atoms with E-state index in [1.54, 1.807) is 18.3 Å². The van der Waals surface area contributed by atoms with Crippen LogP contribution < -0.4 is 15.0 Å². The van der Waals surface area contributed by atoms with Gasteiger partial charge >= 0.3 is 0 Å². The Labute approximate surface area is 187 Å². The first kappa shape index (κ1) is 21.2. The first-order valence-corrected chi connectivity index (χ1v) is 10.3. The van der Waals surface area contributed by atoms with Crippen molar-refractivity contribution in [2.24, 2.45) is 0 Å². The molecule has 1 atom stereocenters. The van der Waals surface area contributed by atoms with Gasteiger partial charge < -0.3 is 20.1 Å². The van der Waals surface area contributed by atoms with Crippen molar-refractivity contribution in [2.75, 3.05) is 25.6 Å². The summed E-state index contributed by atoms with van der Waals surface area (Å²) in [6.45, 7) is -0.138. The van der Waals surface area contributed by atoms with Crippen LogP contribution in [0.1, 0.15) is 17.2 Å². The van der Waals surface area contributed by atoms with E-state index in [0.717, 1.165) is 16.6 Å². The number of hydrogen-bond acceptors (Lipinski definition) is 5. The summed E-state index contributed by atoms with van der Waals surface area (Å²) in [6, 6.07) is 23.8. The van der Waals surface area contributed by atoms with Gasteiger partial charge in [0.25, 0.3) is 5.91 Å². The van der Waals surface area contributed by atoms with E-state index in [4.69, 9.17) is 4.74 Å². The van der Waals surface area contributed by atoms with Crippen molar-refractivity contribution in [1.29, 1.82) is 0 Å². The summed E-state index contributed by atoms with van der Waals surface area (Å²) in [5.74, 6) is 0.366. The minimum Gasteiger partial charge on any atom is -0.505 e. The van der Waals surface area contributed by atoms with Crippen molar-refractivity contribution < 1.29 is 14.6 Å². The summed E-state index contributed by atoms with van der Waals surface area (Å²) in [4.78, 5) is 19.2. The van der Waals surface area contributed by atoms with Gasteiger partial charge in [-0.05, 0) is 35.9 Å². The number of aromatic hydroxyl groups is 1. The standard InChI is InChI=1S/C26H25N3O3/c1-29(2)22-16-21(26(31)25-20(22)14-9-15-27-25)24(18-10-5-3-6-11-18)28-23(30)17-32-19-12-7-4-8-13-19/h3-16,24,31H,17H2,1-2H3,(H,28,30). The van der Waals surface area contributed by atoms with Crippen molar-refractivity contribution in [1.82, 2.24) is 10.3 Å². The number of hydrogen-bond donors (Lipinski definition) is 2. The molecule has 0 bridgehead atoms. The number of nitrogens with one attached hydrogen (secondary N) is 1. The van der Waals surface area contributed by atoms with Crippen LogP contribution in [0.2, 0.25) is 0 Å². The van der Waals surface area contributed by atoms with Gasteiger partial charge in [0.2, 0.25) is 0 Å². The summed E-state index contributed by atoms with van der Waals surface area (Å²) < 4.78 is 5.61. The first-order valence-electron chi connectivity index (χ1n) is 10.3. The monoisotopic (exact) mass is 427 g/mol. The largest absolute Gasteiger partial charge is 0.505 e. The molecule has 162 valence electrons. The number of ether oxygens (including phenoxy) is 1. The van der Waals surface area contributed by atoms with Gasteiger partial charge in [-0.15, -0.1) is 0 Å². The lowest BCUT2D eigenvalue weighted by Gasteiger charge is -2.24. The van der Waals surface area contributed by atoms with Gasteiger partial charge in [0.1, 0.15) is 17.0 Å². The number of benzene rings is 3. The van der Waals surface area contributed by atoms with Gasteiger partial charge in [-0.1, -0.05) is 48.5 Å². The molecule has 2 N–H and O–H groups in total. The van der Waals surface area contributed by atoms with Gasteiger partial charge in [0.15, 0.2) is 6.61 Å². The average molecular weight is 428 g/mol. The highest BCUT2D eigenvalue weighted by Crippen LogP contribution is 2.39. The highest BCUT2D eigenvalue weighted by atomic mass is 16.5. The van der Waals surface area contributed by atoms with Crippen molar-refractivity contribution >= 4 is 22.5 Å². The highest BCUT2D eigenvalue weighted by Gasteiger charge is 2.24. The second kappa shape index (κ2) is 9.39. The molecule has 1 heterocycles. The van der Waals surface area contributed by atoms with Crippen LogP contribution >= 0.6 is 0 Å². The van der Waals surface area contributed by atoms with Crippen LogP contribution in [0.25, 0.3) is 10.9 Å². The number of nitrogens with zero attached hydrogens (tertiary/aromatic N) is 2. The molecule has 4 rings (SSSR count). The second-order valence-corrected chi connectivity index (χ2v) is 7.64. The van der Waals surface area contributed by atoms with Gasteiger partial charge in [-0.25, -0.2) is 0 Å². The fraction of sp³-hybridized carbons (Fsp3) is 0.154. The summed E-state index contributed by atoms with van der Waals surface area (Å²) in [5.41, 5.74) is 2.80. The number of pyridine rings is 1. The highest BCUT2D eigenvalue weighted by molar-refractivity contribution is 5.97. The van der Waals surface area contributed by atoms with E-state index in [9.17, 15) is 9.90 Å². The van der Waals surface area contributed by atoms with Crippen molar-refractivity contribution in [3.8, 4) is 11.5 Å². The summed E-state index contributed by atoms with van der Waals surface area (Å²) in [5, 5.41) is 15.0. The molecule has 0 fully saturated rings. The lowest BCUT2D eigenvalue weighted by molar-refractivity contribution is -0.123. The van der Waals surface area contributed by atoms with Crippen molar-refractivity contribution in [3.05, 3.63) is 96.2 Å². The number of fused-ring (bicyclic) bond motifs is 1. The smallest absolute Gasteiger partial charge is 0.258 e. The number of carbonyl (C=O) groups is 1. The molecule has 4 aromatic rings. The second-order valence-electron chi connectivity index (χ2n) is 7.64. The SMILES string of the molecule is CN(C)c1cc(C(NC(=O)COc2ccccc2)c2ccccc2)c(O)c2ncccc12. The maximum atomic E-state index is 12.8. The van der Waals surface area contributed by atoms with Crippen LogP contribution in [0.5, 0.6) is 11.5 Å². The van der Waals surface area contributed by atoms with Gasteiger partial charge in [-0.3, -0.25) is 9.78 Å². The Bertz CT molecular complexity index is 1210. The topological polar surface area (TPSA) is 74.7 Å². The molecule has 3 aromatic carbocycles. The molecule has 0 spiro atoms. The number of carbonyl (C=O) groups excluding carboxylic acids is 1. The Balaban J connectivity index is 1.72. The molecule has 6 nitrogen and oxygen atoms in total. The number of phenols is 1. The zero-order chi connectivity index (χ0) is 22.5. The van der Waals surface area contributed by atoms with E-state index in [1.165, 1.54) is 0 Å². The molecule has 0 aliphatic rings. The number of para-hydroxylation sites is 1. The maximum absolute atomic E-state index is 12.8. The summed E-state index contributed by atoms with van der Waals surface area (Å²) >= 11 is 0. The van der Waals surface area contributed by atoms with E-state index >= 15 is 0 Å². The fourth-order valence-electron chi connectivity index (χ4n) is 3.68. The van der Waals surface area contributed by atoms with E-state index in [2.05, 4.69) is 10.3 Å².